The molecule has 0 radical (unpaired) electrons. The number of nitrogens with one attached hydrogen (secondary N) is 1. The molecule has 0 saturated heterocycles. The fraction of sp³-hybridized carbons (Fsp3) is 0.462. The highest BCUT2D eigenvalue weighted by molar-refractivity contribution is 5.93. The second-order valence-electron chi connectivity index (χ2n) is 2.97. The molecule has 0 aromatic heterocycles. The van der Waals surface area contributed by atoms with Crippen LogP contribution >= 0.6 is 0 Å². The maximum Gasteiger partial charge on any atom is 0.199 e. The SMILES string of the molecule is C#CC(F)C(CC#CNC)=NCC=CCC. The molecule has 2 nitrogen and oxygen atoms in total. The van der Waals surface area contributed by atoms with E-state index in [0.29, 0.717) is 12.3 Å². The lowest BCUT2D eigenvalue weighted by atomic mass is 10.2. The van der Waals surface area contributed by atoms with Crippen molar-refractivity contribution < 1.29 is 4.39 Å². The fourth-order valence-electron chi connectivity index (χ4n) is 0.956. The summed E-state index contributed by atoms with van der Waals surface area (Å²) in [5, 5.41) is 2.65. The van der Waals surface area contributed by atoms with Crippen molar-refractivity contribution in [3.8, 4) is 24.3 Å². The molecule has 1 atom stereocenters. The van der Waals surface area contributed by atoms with Crippen LogP contribution in [0, 0.1) is 24.3 Å². The summed E-state index contributed by atoms with van der Waals surface area (Å²) in [4.78, 5) is 4.09. The number of aliphatic imine (C=N–C) groups is 1. The number of allylic oxidation sites excluding steroid dienone is 1. The predicted octanol–water partition coefficient (Wildman–Crippen LogP) is 1.94. The molecule has 3 heteroatoms. The first-order valence-electron chi connectivity index (χ1n) is 5.19. The van der Waals surface area contributed by atoms with Crippen LogP contribution in [0.25, 0.3) is 0 Å². The summed E-state index contributed by atoms with van der Waals surface area (Å²) in [7, 11) is 1.70. The lowest BCUT2D eigenvalue weighted by Gasteiger charge is -2.01. The molecular formula is C13H17FN2. The van der Waals surface area contributed by atoms with E-state index in [1.165, 1.54) is 0 Å². The van der Waals surface area contributed by atoms with Crippen molar-refractivity contribution >= 4 is 5.71 Å². The molecule has 0 saturated carbocycles. The molecule has 0 amide bonds. The predicted molar refractivity (Wildman–Crippen MR) is 66.9 cm³/mol. The zero-order valence-corrected chi connectivity index (χ0v) is 9.76. The first-order valence-corrected chi connectivity index (χ1v) is 5.19. The average molecular weight is 220 g/mol. The molecule has 16 heavy (non-hydrogen) atoms. The van der Waals surface area contributed by atoms with E-state index in [1.807, 2.05) is 25.0 Å². The Balaban J connectivity index is 4.42. The van der Waals surface area contributed by atoms with Gasteiger partial charge in [0, 0.05) is 13.1 Å². The first kappa shape index (κ1) is 14.3. The third-order valence-electron chi connectivity index (χ3n) is 1.72. The van der Waals surface area contributed by atoms with Gasteiger partial charge in [-0.25, -0.2) is 4.39 Å². The highest BCUT2D eigenvalue weighted by atomic mass is 19.1. The van der Waals surface area contributed by atoms with Crippen molar-refractivity contribution in [1.29, 1.82) is 0 Å². The molecule has 1 N–H and O–H groups in total. The molecule has 0 aliphatic carbocycles. The van der Waals surface area contributed by atoms with E-state index in [-0.39, 0.29) is 6.42 Å². The Labute approximate surface area is 97.0 Å². The van der Waals surface area contributed by atoms with Crippen LogP contribution in [0.3, 0.4) is 0 Å². The van der Waals surface area contributed by atoms with Crippen molar-refractivity contribution in [3.05, 3.63) is 12.2 Å². The van der Waals surface area contributed by atoms with Gasteiger partial charge in [-0.2, -0.15) is 0 Å². The van der Waals surface area contributed by atoms with E-state index < -0.39 is 6.17 Å². The summed E-state index contributed by atoms with van der Waals surface area (Å²) in [6.45, 7) is 2.48. The van der Waals surface area contributed by atoms with Crippen LogP contribution in [0.4, 0.5) is 4.39 Å². The molecule has 0 aliphatic heterocycles. The highest BCUT2D eigenvalue weighted by Crippen LogP contribution is 1.99. The Hall–Kier alpha value is -1.74. The molecule has 1 unspecified atom stereocenters. The van der Waals surface area contributed by atoms with Gasteiger partial charge in [0.25, 0.3) is 0 Å². The van der Waals surface area contributed by atoms with Crippen LogP contribution in [0.15, 0.2) is 17.1 Å². The summed E-state index contributed by atoms with van der Waals surface area (Å²) in [5.74, 6) is 4.76. The monoisotopic (exact) mass is 220 g/mol. The van der Waals surface area contributed by atoms with Gasteiger partial charge in [-0.3, -0.25) is 4.99 Å². The Bertz CT molecular complexity index is 339. The number of hydrogen-bond donors (Lipinski definition) is 1. The summed E-state index contributed by atoms with van der Waals surface area (Å²) >= 11 is 0. The van der Waals surface area contributed by atoms with Gasteiger partial charge >= 0.3 is 0 Å². The van der Waals surface area contributed by atoms with E-state index in [1.54, 1.807) is 7.05 Å². The van der Waals surface area contributed by atoms with E-state index in [2.05, 4.69) is 22.3 Å². The maximum atomic E-state index is 13.3. The molecule has 0 aliphatic rings. The minimum absolute atomic E-state index is 0.256. The normalized spacial score (nSPS) is 12.8. The quantitative estimate of drug-likeness (QED) is 0.325. The zero-order valence-electron chi connectivity index (χ0n) is 9.76. The standard InChI is InChI=1S/C13H17FN2/c1-4-6-7-11-16-13(12(14)5-2)9-8-10-15-3/h2,6-7,12,15H,4,9,11H2,1,3H3. The molecule has 0 bridgehead atoms. The van der Waals surface area contributed by atoms with E-state index in [0.717, 1.165) is 6.42 Å². The van der Waals surface area contributed by atoms with Crippen molar-refractivity contribution in [2.45, 2.75) is 25.9 Å². The fourth-order valence-corrected chi connectivity index (χ4v) is 0.956. The largest absolute Gasteiger partial charge is 0.349 e. The molecule has 86 valence electrons. The van der Waals surface area contributed by atoms with Gasteiger partial charge in [-0.15, -0.1) is 6.42 Å². The number of hydrogen-bond acceptors (Lipinski definition) is 2. The van der Waals surface area contributed by atoms with Gasteiger partial charge in [0.05, 0.1) is 18.7 Å². The molecule has 0 aromatic carbocycles. The zero-order chi connectivity index (χ0) is 12.2. The van der Waals surface area contributed by atoms with Crippen molar-refractivity contribution in [2.24, 2.45) is 4.99 Å². The van der Waals surface area contributed by atoms with Crippen LogP contribution in [0.5, 0.6) is 0 Å². The molecule has 0 rings (SSSR count). The Morgan fingerprint density at radius 3 is 2.88 bits per heavy atom. The van der Waals surface area contributed by atoms with Crippen molar-refractivity contribution in [2.75, 3.05) is 13.6 Å². The highest BCUT2D eigenvalue weighted by Gasteiger charge is 2.09. The third kappa shape index (κ3) is 6.68. The van der Waals surface area contributed by atoms with Crippen LogP contribution in [-0.2, 0) is 0 Å². The van der Waals surface area contributed by atoms with E-state index in [9.17, 15) is 4.39 Å². The molecule has 0 aromatic rings. The summed E-state index contributed by atoms with van der Waals surface area (Å²) in [5.41, 5.74) is 0.311. The van der Waals surface area contributed by atoms with E-state index >= 15 is 0 Å². The minimum atomic E-state index is -1.44. The Kier molecular flexibility index (Phi) is 8.74. The van der Waals surface area contributed by atoms with Gasteiger partial charge in [-0.05, 0) is 6.42 Å². The smallest absolute Gasteiger partial charge is 0.199 e. The lowest BCUT2D eigenvalue weighted by molar-refractivity contribution is 0.501. The van der Waals surface area contributed by atoms with Gasteiger partial charge in [0.1, 0.15) is 0 Å². The molecule has 0 heterocycles. The van der Waals surface area contributed by atoms with Crippen LogP contribution in [0.1, 0.15) is 19.8 Å². The number of halogens is 1. The van der Waals surface area contributed by atoms with Gasteiger partial charge in [0.2, 0.25) is 0 Å². The van der Waals surface area contributed by atoms with Crippen LogP contribution < -0.4 is 5.32 Å². The first-order chi connectivity index (χ1) is 7.76. The Morgan fingerprint density at radius 2 is 2.31 bits per heavy atom. The molecule has 0 fully saturated rings. The molecule has 0 spiro atoms. The topological polar surface area (TPSA) is 24.4 Å². The number of terminal acetylenes is 1. The summed E-state index contributed by atoms with van der Waals surface area (Å²) in [6.07, 6.45) is 8.64. The van der Waals surface area contributed by atoms with E-state index in [4.69, 9.17) is 6.42 Å². The summed E-state index contributed by atoms with van der Waals surface area (Å²) < 4.78 is 13.3. The number of nitrogens with zero attached hydrogens (tertiary/aromatic N) is 1. The molecular weight excluding hydrogens is 203 g/mol. The van der Waals surface area contributed by atoms with Gasteiger partial charge < -0.3 is 5.32 Å². The van der Waals surface area contributed by atoms with Crippen molar-refractivity contribution in [1.82, 2.24) is 5.32 Å². The third-order valence-corrected chi connectivity index (χ3v) is 1.72. The minimum Gasteiger partial charge on any atom is -0.349 e. The number of alkyl halides is 1. The van der Waals surface area contributed by atoms with Crippen LogP contribution in [0.2, 0.25) is 0 Å². The van der Waals surface area contributed by atoms with Crippen molar-refractivity contribution in [3.63, 3.8) is 0 Å². The maximum absolute atomic E-state index is 13.3. The lowest BCUT2D eigenvalue weighted by Crippen LogP contribution is -2.13. The average Bonchev–Trinajstić information content (AvgIpc) is 2.31. The summed E-state index contributed by atoms with van der Waals surface area (Å²) in [6, 6.07) is 2.63. The van der Waals surface area contributed by atoms with Crippen LogP contribution in [-0.4, -0.2) is 25.5 Å². The van der Waals surface area contributed by atoms with Gasteiger partial charge in [-0.1, -0.05) is 30.9 Å². The Morgan fingerprint density at radius 1 is 1.56 bits per heavy atom. The van der Waals surface area contributed by atoms with Gasteiger partial charge in [0.15, 0.2) is 6.17 Å². The second-order valence-corrected chi connectivity index (χ2v) is 2.97. The second kappa shape index (κ2) is 9.80. The number of rotatable bonds is 5.